The highest BCUT2D eigenvalue weighted by Gasteiger charge is 2.20. The fourth-order valence-electron chi connectivity index (χ4n) is 2.55. The fourth-order valence-corrected chi connectivity index (χ4v) is 2.77. The van der Waals surface area contributed by atoms with Gasteiger partial charge in [-0.2, -0.15) is 0 Å². The SMILES string of the molecule is CCCNC(c1ccoc1Cl)c1cccc2cccnc12. The predicted octanol–water partition coefficient (Wildman–Crippen LogP) is 4.57. The van der Waals surface area contributed by atoms with Crippen LogP contribution in [0.15, 0.2) is 53.3 Å². The van der Waals surface area contributed by atoms with Crippen LogP contribution in [0, 0.1) is 0 Å². The molecule has 1 aromatic carbocycles. The van der Waals surface area contributed by atoms with Crippen molar-refractivity contribution in [3.63, 3.8) is 0 Å². The maximum atomic E-state index is 6.19. The van der Waals surface area contributed by atoms with Crippen LogP contribution in [-0.4, -0.2) is 11.5 Å². The zero-order valence-corrected chi connectivity index (χ0v) is 12.6. The van der Waals surface area contributed by atoms with E-state index in [-0.39, 0.29) is 6.04 Å². The molecule has 2 aromatic heterocycles. The van der Waals surface area contributed by atoms with Crippen LogP contribution in [-0.2, 0) is 0 Å². The summed E-state index contributed by atoms with van der Waals surface area (Å²) in [5.41, 5.74) is 3.05. The number of furan rings is 1. The van der Waals surface area contributed by atoms with E-state index in [1.54, 1.807) is 6.26 Å². The molecule has 1 N–H and O–H groups in total. The highest BCUT2D eigenvalue weighted by molar-refractivity contribution is 6.29. The molecule has 0 aliphatic heterocycles. The first kappa shape index (κ1) is 14.1. The Bertz CT molecular complexity index is 733. The number of nitrogens with zero attached hydrogens (tertiary/aromatic N) is 1. The van der Waals surface area contributed by atoms with Crippen LogP contribution in [0.25, 0.3) is 10.9 Å². The molecule has 0 amide bonds. The summed E-state index contributed by atoms with van der Waals surface area (Å²) in [6.07, 6.45) is 4.49. The predicted molar refractivity (Wildman–Crippen MR) is 85.6 cm³/mol. The van der Waals surface area contributed by atoms with Crippen LogP contribution in [0.4, 0.5) is 0 Å². The average Bonchev–Trinajstić information content (AvgIpc) is 2.94. The molecule has 0 aliphatic rings. The molecule has 0 fully saturated rings. The Labute approximate surface area is 128 Å². The Balaban J connectivity index is 2.12. The maximum Gasteiger partial charge on any atom is 0.198 e. The molecule has 3 aromatic rings. The van der Waals surface area contributed by atoms with Crippen molar-refractivity contribution in [3.05, 3.63) is 65.2 Å². The zero-order chi connectivity index (χ0) is 14.7. The zero-order valence-electron chi connectivity index (χ0n) is 11.8. The Hall–Kier alpha value is -1.84. The largest absolute Gasteiger partial charge is 0.453 e. The summed E-state index contributed by atoms with van der Waals surface area (Å²) in [5, 5.41) is 5.09. The molecule has 4 heteroatoms. The molecule has 0 aliphatic carbocycles. The first-order valence-electron chi connectivity index (χ1n) is 7.11. The number of hydrogen-bond acceptors (Lipinski definition) is 3. The average molecular weight is 301 g/mol. The lowest BCUT2D eigenvalue weighted by atomic mass is 9.98. The first-order valence-corrected chi connectivity index (χ1v) is 7.49. The molecule has 3 rings (SSSR count). The van der Waals surface area contributed by atoms with Gasteiger partial charge in [0.2, 0.25) is 0 Å². The third kappa shape index (κ3) is 2.80. The maximum absolute atomic E-state index is 6.19. The van der Waals surface area contributed by atoms with E-state index in [9.17, 15) is 0 Å². The van der Waals surface area contributed by atoms with Crippen LogP contribution < -0.4 is 5.32 Å². The van der Waals surface area contributed by atoms with Crippen molar-refractivity contribution < 1.29 is 4.42 Å². The Morgan fingerprint density at radius 3 is 2.81 bits per heavy atom. The van der Waals surface area contributed by atoms with E-state index in [4.69, 9.17) is 16.0 Å². The molecule has 0 saturated carbocycles. The van der Waals surface area contributed by atoms with Crippen molar-refractivity contribution in [1.82, 2.24) is 10.3 Å². The molecule has 3 nitrogen and oxygen atoms in total. The van der Waals surface area contributed by atoms with Gasteiger partial charge in [-0.15, -0.1) is 0 Å². The van der Waals surface area contributed by atoms with E-state index in [2.05, 4.69) is 35.4 Å². The number of benzene rings is 1. The van der Waals surface area contributed by atoms with E-state index >= 15 is 0 Å². The minimum atomic E-state index is -0.0187. The van der Waals surface area contributed by atoms with Crippen molar-refractivity contribution in [1.29, 1.82) is 0 Å². The van der Waals surface area contributed by atoms with E-state index in [1.165, 1.54) is 0 Å². The molecule has 0 radical (unpaired) electrons. The minimum Gasteiger partial charge on any atom is -0.453 e. The molecule has 2 heterocycles. The number of fused-ring (bicyclic) bond motifs is 1. The van der Waals surface area contributed by atoms with Gasteiger partial charge in [-0.05, 0) is 42.3 Å². The van der Waals surface area contributed by atoms with Gasteiger partial charge < -0.3 is 9.73 Å². The van der Waals surface area contributed by atoms with Crippen LogP contribution in [0.2, 0.25) is 5.22 Å². The third-order valence-electron chi connectivity index (χ3n) is 3.53. The highest BCUT2D eigenvalue weighted by atomic mass is 35.5. The monoisotopic (exact) mass is 300 g/mol. The second kappa shape index (κ2) is 6.29. The standard InChI is InChI=1S/C17H17ClN2O/c1-2-9-19-16(14-8-11-21-17(14)18)13-7-3-5-12-6-4-10-20-15(12)13/h3-8,10-11,16,19H,2,9H2,1H3. The molecular weight excluding hydrogens is 284 g/mol. The molecule has 108 valence electrons. The van der Waals surface area contributed by atoms with E-state index in [1.807, 2.05) is 24.4 Å². The number of aromatic nitrogens is 1. The van der Waals surface area contributed by atoms with Gasteiger partial charge in [0.15, 0.2) is 5.22 Å². The number of hydrogen-bond donors (Lipinski definition) is 1. The van der Waals surface area contributed by atoms with Gasteiger partial charge in [-0.3, -0.25) is 4.98 Å². The van der Waals surface area contributed by atoms with Gasteiger partial charge in [0.25, 0.3) is 0 Å². The smallest absolute Gasteiger partial charge is 0.198 e. The summed E-state index contributed by atoms with van der Waals surface area (Å²) < 4.78 is 5.26. The van der Waals surface area contributed by atoms with Gasteiger partial charge >= 0.3 is 0 Å². The van der Waals surface area contributed by atoms with E-state index < -0.39 is 0 Å². The lowest BCUT2D eigenvalue weighted by Gasteiger charge is -2.19. The second-order valence-electron chi connectivity index (χ2n) is 4.96. The molecule has 0 saturated heterocycles. The van der Waals surface area contributed by atoms with Gasteiger partial charge in [-0.25, -0.2) is 0 Å². The molecule has 0 bridgehead atoms. The van der Waals surface area contributed by atoms with Crippen LogP contribution in [0.5, 0.6) is 0 Å². The molecule has 1 unspecified atom stereocenters. The van der Waals surface area contributed by atoms with Gasteiger partial charge in [0.1, 0.15) is 0 Å². The van der Waals surface area contributed by atoms with Crippen LogP contribution in [0.1, 0.15) is 30.5 Å². The van der Waals surface area contributed by atoms with Gasteiger partial charge in [0, 0.05) is 17.1 Å². The summed E-state index contributed by atoms with van der Waals surface area (Å²) in [6.45, 7) is 3.04. The second-order valence-corrected chi connectivity index (χ2v) is 5.30. The summed E-state index contributed by atoms with van der Waals surface area (Å²) >= 11 is 6.19. The van der Waals surface area contributed by atoms with Gasteiger partial charge in [0.05, 0.1) is 17.8 Å². The molecular formula is C17H17ClN2O. The van der Waals surface area contributed by atoms with Crippen molar-refractivity contribution in [2.24, 2.45) is 0 Å². The lowest BCUT2D eigenvalue weighted by molar-refractivity contribution is 0.551. The number of para-hydroxylation sites is 1. The van der Waals surface area contributed by atoms with Crippen molar-refractivity contribution >= 4 is 22.5 Å². The molecule has 1 atom stereocenters. The minimum absolute atomic E-state index is 0.0187. The Morgan fingerprint density at radius 2 is 2.05 bits per heavy atom. The summed E-state index contributed by atoms with van der Waals surface area (Å²) in [5.74, 6) is 0. The third-order valence-corrected chi connectivity index (χ3v) is 3.84. The summed E-state index contributed by atoms with van der Waals surface area (Å²) in [7, 11) is 0. The number of rotatable bonds is 5. The lowest BCUT2D eigenvalue weighted by Crippen LogP contribution is -2.23. The van der Waals surface area contributed by atoms with Crippen molar-refractivity contribution in [2.45, 2.75) is 19.4 Å². The van der Waals surface area contributed by atoms with Crippen molar-refractivity contribution in [3.8, 4) is 0 Å². The highest BCUT2D eigenvalue weighted by Crippen LogP contribution is 2.32. The quantitative estimate of drug-likeness (QED) is 0.750. The van der Waals surface area contributed by atoms with Crippen LogP contribution in [0.3, 0.4) is 0 Å². The van der Waals surface area contributed by atoms with E-state index in [0.29, 0.717) is 5.22 Å². The van der Waals surface area contributed by atoms with Crippen LogP contribution >= 0.6 is 11.6 Å². The van der Waals surface area contributed by atoms with Crippen molar-refractivity contribution in [2.75, 3.05) is 6.54 Å². The Kier molecular flexibility index (Phi) is 4.23. The first-order chi connectivity index (χ1) is 10.3. The Morgan fingerprint density at radius 1 is 1.19 bits per heavy atom. The fraction of sp³-hybridized carbons (Fsp3) is 0.235. The number of halogens is 1. The summed E-state index contributed by atoms with van der Waals surface area (Å²) in [6, 6.07) is 12.1. The molecule has 21 heavy (non-hydrogen) atoms. The van der Waals surface area contributed by atoms with E-state index in [0.717, 1.165) is 35.0 Å². The normalized spacial score (nSPS) is 12.7. The number of nitrogens with one attached hydrogen (secondary N) is 1. The topological polar surface area (TPSA) is 38.1 Å². The summed E-state index contributed by atoms with van der Waals surface area (Å²) in [4.78, 5) is 4.54. The van der Waals surface area contributed by atoms with Gasteiger partial charge in [-0.1, -0.05) is 31.2 Å². The number of pyridine rings is 1. The molecule has 0 spiro atoms.